The maximum atomic E-state index is 12.0. The topological polar surface area (TPSA) is 79.6 Å². The van der Waals surface area contributed by atoms with E-state index in [1.807, 2.05) is 6.07 Å². The van der Waals surface area contributed by atoms with Gasteiger partial charge in [0, 0.05) is 0 Å². The Kier molecular flexibility index (Phi) is 4.17. The standard InChI is InChI=1S/C12H18N2O4/c1-12(2,3)18-11(16)14-8(7-13)5-6-9(14)10(15)17-4/h8-9H,5-6H2,1-4H3/t8-,9+/m1/s1. The predicted octanol–water partition coefficient (Wildman–Crippen LogP) is 1.45. The summed E-state index contributed by atoms with van der Waals surface area (Å²) in [5.74, 6) is -0.515. The SMILES string of the molecule is COC(=O)[C@@H]1CC[C@H](C#N)N1C(=O)OC(C)(C)C. The first-order valence-corrected chi connectivity index (χ1v) is 5.79. The second-order valence-corrected chi connectivity index (χ2v) is 5.15. The lowest BCUT2D eigenvalue weighted by molar-refractivity contribution is -0.145. The van der Waals surface area contributed by atoms with Crippen molar-refractivity contribution in [3.63, 3.8) is 0 Å². The van der Waals surface area contributed by atoms with Crippen LogP contribution in [0.2, 0.25) is 0 Å². The maximum absolute atomic E-state index is 12.0. The molecule has 0 spiro atoms. The third kappa shape index (κ3) is 3.13. The van der Waals surface area contributed by atoms with E-state index in [2.05, 4.69) is 4.74 Å². The Bertz CT molecular complexity index is 381. The van der Waals surface area contributed by atoms with Crippen molar-refractivity contribution in [3.8, 4) is 6.07 Å². The summed E-state index contributed by atoms with van der Waals surface area (Å²) in [6.07, 6.45) is 0.224. The van der Waals surface area contributed by atoms with Gasteiger partial charge in [-0.3, -0.25) is 4.90 Å². The third-order valence-electron chi connectivity index (χ3n) is 2.61. The van der Waals surface area contributed by atoms with E-state index in [4.69, 9.17) is 10.00 Å². The Morgan fingerprint density at radius 1 is 1.33 bits per heavy atom. The van der Waals surface area contributed by atoms with Crippen LogP contribution >= 0.6 is 0 Å². The summed E-state index contributed by atoms with van der Waals surface area (Å²) in [5.41, 5.74) is -0.666. The monoisotopic (exact) mass is 254 g/mol. The van der Waals surface area contributed by atoms with Crippen LogP contribution < -0.4 is 0 Å². The number of carbonyl (C=O) groups excluding carboxylic acids is 2. The van der Waals surface area contributed by atoms with E-state index in [9.17, 15) is 9.59 Å². The van der Waals surface area contributed by atoms with Crippen molar-refractivity contribution in [1.29, 1.82) is 5.26 Å². The molecule has 0 radical (unpaired) electrons. The first kappa shape index (κ1) is 14.3. The lowest BCUT2D eigenvalue weighted by atomic mass is 10.2. The molecule has 2 atom stereocenters. The van der Waals surface area contributed by atoms with Crippen molar-refractivity contribution in [2.75, 3.05) is 7.11 Å². The van der Waals surface area contributed by atoms with E-state index >= 15 is 0 Å². The number of hydrogen-bond acceptors (Lipinski definition) is 5. The molecule has 0 aliphatic carbocycles. The van der Waals surface area contributed by atoms with Crippen molar-refractivity contribution < 1.29 is 19.1 Å². The van der Waals surface area contributed by atoms with Crippen LogP contribution in [-0.2, 0) is 14.3 Å². The van der Waals surface area contributed by atoms with E-state index in [0.29, 0.717) is 12.8 Å². The number of likely N-dealkylation sites (tertiary alicyclic amines) is 1. The fraction of sp³-hybridized carbons (Fsp3) is 0.750. The second kappa shape index (κ2) is 5.25. The van der Waals surface area contributed by atoms with Crippen molar-refractivity contribution >= 4 is 12.1 Å². The van der Waals surface area contributed by atoms with Crippen LogP contribution in [0, 0.1) is 11.3 Å². The molecule has 1 fully saturated rings. The van der Waals surface area contributed by atoms with Gasteiger partial charge in [-0.25, -0.2) is 9.59 Å². The van der Waals surface area contributed by atoms with Crippen molar-refractivity contribution in [2.45, 2.75) is 51.3 Å². The van der Waals surface area contributed by atoms with E-state index in [1.165, 1.54) is 12.0 Å². The molecule has 1 aliphatic heterocycles. The number of ether oxygens (including phenoxy) is 2. The van der Waals surface area contributed by atoms with Gasteiger partial charge in [-0.2, -0.15) is 5.26 Å². The number of rotatable bonds is 1. The van der Waals surface area contributed by atoms with Crippen LogP contribution in [0.4, 0.5) is 4.79 Å². The summed E-state index contributed by atoms with van der Waals surface area (Å²) in [6, 6.07) is 0.644. The highest BCUT2D eigenvalue weighted by Crippen LogP contribution is 2.26. The number of esters is 1. The van der Waals surface area contributed by atoms with E-state index in [-0.39, 0.29) is 0 Å². The quantitative estimate of drug-likeness (QED) is 0.662. The first-order valence-electron chi connectivity index (χ1n) is 5.79. The summed E-state index contributed by atoms with van der Waals surface area (Å²) >= 11 is 0. The molecule has 6 nitrogen and oxygen atoms in total. The lowest BCUT2D eigenvalue weighted by Crippen LogP contribution is -2.47. The van der Waals surface area contributed by atoms with Gasteiger partial charge in [-0.05, 0) is 33.6 Å². The number of carbonyl (C=O) groups is 2. The molecule has 0 saturated carbocycles. The highest BCUT2D eigenvalue weighted by atomic mass is 16.6. The van der Waals surface area contributed by atoms with Crippen LogP contribution in [0.25, 0.3) is 0 Å². The van der Waals surface area contributed by atoms with Crippen LogP contribution in [0.5, 0.6) is 0 Å². The van der Waals surface area contributed by atoms with Crippen LogP contribution in [0.1, 0.15) is 33.6 Å². The molecule has 1 heterocycles. The maximum Gasteiger partial charge on any atom is 0.412 e. The van der Waals surface area contributed by atoms with E-state index in [0.717, 1.165) is 0 Å². The Morgan fingerprint density at radius 2 is 1.94 bits per heavy atom. The number of nitriles is 1. The average molecular weight is 254 g/mol. The normalized spacial score (nSPS) is 23.4. The zero-order chi connectivity index (χ0) is 13.9. The van der Waals surface area contributed by atoms with Gasteiger partial charge >= 0.3 is 12.1 Å². The highest BCUT2D eigenvalue weighted by Gasteiger charge is 2.43. The van der Waals surface area contributed by atoms with E-state index in [1.54, 1.807) is 20.8 Å². The van der Waals surface area contributed by atoms with Gasteiger partial charge in [0.1, 0.15) is 17.7 Å². The van der Waals surface area contributed by atoms with E-state index < -0.39 is 29.7 Å². The Balaban J connectivity index is 2.88. The summed E-state index contributed by atoms with van der Waals surface area (Å²) < 4.78 is 9.85. The largest absolute Gasteiger partial charge is 0.467 e. The molecule has 100 valence electrons. The van der Waals surface area contributed by atoms with Gasteiger partial charge in [0.2, 0.25) is 0 Å². The number of methoxy groups -OCH3 is 1. The highest BCUT2D eigenvalue weighted by molar-refractivity contribution is 5.82. The molecule has 0 bridgehead atoms. The molecular formula is C12H18N2O4. The molecule has 6 heteroatoms. The summed E-state index contributed by atoms with van der Waals surface area (Å²) in [5, 5.41) is 9.00. The molecule has 0 aromatic heterocycles. The van der Waals surface area contributed by atoms with Crippen molar-refractivity contribution in [1.82, 2.24) is 4.90 Å². The Labute approximate surface area is 106 Å². The summed E-state index contributed by atoms with van der Waals surface area (Å²) in [7, 11) is 1.26. The molecule has 0 aromatic carbocycles. The minimum Gasteiger partial charge on any atom is -0.467 e. The lowest BCUT2D eigenvalue weighted by Gasteiger charge is -2.29. The van der Waals surface area contributed by atoms with Crippen LogP contribution in [0.3, 0.4) is 0 Å². The second-order valence-electron chi connectivity index (χ2n) is 5.15. The first-order chi connectivity index (χ1) is 8.30. The number of hydrogen-bond donors (Lipinski definition) is 0. The Hall–Kier alpha value is -1.77. The van der Waals surface area contributed by atoms with Gasteiger partial charge in [-0.1, -0.05) is 0 Å². The smallest absolute Gasteiger partial charge is 0.412 e. The van der Waals surface area contributed by atoms with Gasteiger partial charge < -0.3 is 9.47 Å². The van der Waals surface area contributed by atoms with Crippen LogP contribution in [-0.4, -0.2) is 41.8 Å². The molecule has 1 saturated heterocycles. The van der Waals surface area contributed by atoms with Gasteiger partial charge in [0.15, 0.2) is 0 Å². The third-order valence-corrected chi connectivity index (χ3v) is 2.61. The predicted molar refractivity (Wildman–Crippen MR) is 62.5 cm³/mol. The molecule has 1 aliphatic rings. The fourth-order valence-corrected chi connectivity index (χ4v) is 1.87. The molecule has 0 unspecified atom stereocenters. The van der Waals surface area contributed by atoms with Crippen molar-refractivity contribution in [3.05, 3.63) is 0 Å². The average Bonchev–Trinajstić information content (AvgIpc) is 2.69. The minimum absolute atomic E-state index is 0.421. The summed E-state index contributed by atoms with van der Waals surface area (Å²) in [4.78, 5) is 24.8. The van der Waals surface area contributed by atoms with Gasteiger partial charge in [0.25, 0.3) is 0 Å². The van der Waals surface area contributed by atoms with Crippen molar-refractivity contribution in [2.24, 2.45) is 0 Å². The zero-order valence-electron chi connectivity index (χ0n) is 11.1. The minimum atomic E-state index is -0.727. The zero-order valence-corrected chi connectivity index (χ0v) is 11.1. The van der Waals surface area contributed by atoms with Crippen LogP contribution in [0.15, 0.2) is 0 Å². The molecular weight excluding hydrogens is 236 g/mol. The molecule has 1 amide bonds. The van der Waals surface area contributed by atoms with Gasteiger partial charge in [-0.15, -0.1) is 0 Å². The summed E-state index contributed by atoms with van der Waals surface area (Å²) in [6.45, 7) is 5.19. The molecule has 18 heavy (non-hydrogen) atoms. The molecule has 0 aromatic rings. The number of nitrogens with zero attached hydrogens (tertiary/aromatic N) is 2. The fourth-order valence-electron chi connectivity index (χ4n) is 1.87. The molecule has 0 N–H and O–H groups in total. The molecule has 1 rings (SSSR count). The Morgan fingerprint density at radius 3 is 2.39 bits per heavy atom. The van der Waals surface area contributed by atoms with Gasteiger partial charge in [0.05, 0.1) is 13.2 Å². The number of amides is 1.